The first-order valence-corrected chi connectivity index (χ1v) is 6.05. The van der Waals surface area contributed by atoms with E-state index in [2.05, 4.69) is 22.2 Å². The maximum Gasteiger partial charge on any atom is 0.191 e. The third-order valence-corrected chi connectivity index (χ3v) is 2.82. The maximum atomic E-state index is 10.2. The van der Waals surface area contributed by atoms with Crippen molar-refractivity contribution in [2.75, 3.05) is 19.6 Å². The Hall–Kier alpha value is -0.300. The van der Waals surface area contributed by atoms with Gasteiger partial charge in [-0.3, -0.25) is 4.99 Å². The molecule has 1 fully saturated rings. The Balaban J connectivity index is 0.00000256. The molecule has 0 saturated heterocycles. The van der Waals surface area contributed by atoms with E-state index in [4.69, 9.17) is 0 Å². The first kappa shape index (κ1) is 16.7. The summed E-state index contributed by atoms with van der Waals surface area (Å²) < 4.78 is 0. The lowest BCUT2D eigenvalue weighted by molar-refractivity contribution is 0.0574. The number of hydrogen-bond donors (Lipinski definition) is 3. The predicted octanol–water partition coefficient (Wildman–Crippen LogP) is 1.65. The molecule has 17 heavy (non-hydrogen) atoms. The number of guanidine groups is 1. The van der Waals surface area contributed by atoms with Crippen molar-refractivity contribution < 1.29 is 5.11 Å². The second kappa shape index (κ2) is 8.74. The van der Waals surface area contributed by atoms with Crippen molar-refractivity contribution in [3.8, 4) is 0 Å². The second-order valence-electron chi connectivity index (χ2n) is 4.30. The van der Waals surface area contributed by atoms with Crippen LogP contribution in [0.3, 0.4) is 0 Å². The van der Waals surface area contributed by atoms with Crippen LogP contribution in [0.15, 0.2) is 17.6 Å². The first-order chi connectivity index (χ1) is 7.70. The minimum Gasteiger partial charge on any atom is -0.388 e. The summed E-state index contributed by atoms with van der Waals surface area (Å²) >= 11 is 0. The van der Waals surface area contributed by atoms with Gasteiger partial charge < -0.3 is 15.7 Å². The van der Waals surface area contributed by atoms with Crippen LogP contribution in [0.1, 0.15) is 32.6 Å². The molecule has 0 unspecified atom stereocenters. The van der Waals surface area contributed by atoms with Crippen LogP contribution >= 0.6 is 24.0 Å². The summed E-state index contributed by atoms with van der Waals surface area (Å²) in [6.07, 6.45) is 5.76. The molecule has 0 atom stereocenters. The lowest BCUT2D eigenvalue weighted by Gasteiger charge is -2.20. The number of hydrogen-bond acceptors (Lipinski definition) is 2. The Morgan fingerprint density at radius 3 is 2.59 bits per heavy atom. The van der Waals surface area contributed by atoms with Gasteiger partial charge in [0, 0.05) is 13.1 Å². The van der Waals surface area contributed by atoms with Crippen LogP contribution in [0.5, 0.6) is 0 Å². The van der Waals surface area contributed by atoms with Crippen molar-refractivity contribution in [3.05, 3.63) is 12.7 Å². The van der Waals surface area contributed by atoms with Crippen molar-refractivity contribution in [2.24, 2.45) is 4.99 Å². The molecule has 0 spiro atoms. The van der Waals surface area contributed by atoms with Gasteiger partial charge in [0.05, 0.1) is 12.1 Å². The molecule has 0 aromatic heterocycles. The standard InChI is InChI=1S/C12H23N3O.HI/c1-3-9-14-11(13-4-2)15-10-12(16)7-5-6-8-12;/h3,16H,1,4-10H2,2H3,(H2,13,14,15);1H. The molecule has 100 valence electrons. The molecule has 1 aliphatic carbocycles. The number of nitrogens with zero attached hydrogens (tertiary/aromatic N) is 1. The summed E-state index contributed by atoms with van der Waals surface area (Å²) in [5.41, 5.74) is -0.573. The largest absolute Gasteiger partial charge is 0.388 e. The van der Waals surface area contributed by atoms with Gasteiger partial charge in [-0.1, -0.05) is 18.9 Å². The number of aliphatic imine (C=N–C) groups is 1. The fourth-order valence-electron chi connectivity index (χ4n) is 1.93. The summed E-state index contributed by atoms with van der Waals surface area (Å²) in [4.78, 5) is 4.40. The molecule has 1 aliphatic rings. The van der Waals surface area contributed by atoms with Crippen LogP contribution < -0.4 is 10.6 Å². The third kappa shape index (κ3) is 6.26. The Labute approximate surface area is 121 Å². The molecule has 0 amide bonds. The van der Waals surface area contributed by atoms with E-state index in [0.29, 0.717) is 13.1 Å². The zero-order valence-corrected chi connectivity index (χ0v) is 12.9. The van der Waals surface area contributed by atoms with Gasteiger partial charge in [-0.2, -0.15) is 0 Å². The molecule has 0 bridgehead atoms. The van der Waals surface area contributed by atoms with Crippen molar-refractivity contribution in [2.45, 2.75) is 38.2 Å². The SMILES string of the molecule is C=CCNC(=NCC1(O)CCCC1)NCC.I. The molecule has 4 nitrogen and oxygen atoms in total. The van der Waals surface area contributed by atoms with E-state index in [9.17, 15) is 5.11 Å². The van der Waals surface area contributed by atoms with Crippen LogP contribution in [-0.4, -0.2) is 36.3 Å². The second-order valence-corrected chi connectivity index (χ2v) is 4.30. The van der Waals surface area contributed by atoms with E-state index in [1.807, 2.05) is 6.92 Å². The van der Waals surface area contributed by atoms with Crippen LogP contribution in [-0.2, 0) is 0 Å². The zero-order valence-electron chi connectivity index (χ0n) is 10.5. The Morgan fingerprint density at radius 2 is 2.06 bits per heavy atom. The molecule has 1 saturated carbocycles. The third-order valence-electron chi connectivity index (χ3n) is 2.82. The Bertz CT molecular complexity index is 250. The van der Waals surface area contributed by atoms with Crippen molar-refractivity contribution >= 4 is 29.9 Å². The minimum atomic E-state index is -0.573. The normalized spacial score (nSPS) is 18.4. The summed E-state index contributed by atoms with van der Waals surface area (Å²) in [6, 6.07) is 0. The lowest BCUT2D eigenvalue weighted by Crippen LogP contribution is -2.39. The molecule has 1 rings (SSSR count). The topological polar surface area (TPSA) is 56.7 Å². The molecule has 0 aromatic carbocycles. The van der Waals surface area contributed by atoms with Crippen LogP contribution in [0.2, 0.25) is 0 Å². The van der Waals surface area contributed by atoms with Crippen molar-refractivity contribution in [3.63, 3.8) is 0 Å². The Morgan fingerprint density at radius 1 is 1.41 bits per heavy atom. The zero-order chi connectivity index (χ0) is 11.9. The van der Waals surface area contributed by atoms with Crippen molar-refractivity contribution in [1.82, 2.24) is 10.6 Å². The van der Waals surface area contributed by atoms with E-state index in [0.717, 1.165) is 38.2 Å². The monoisotopic (exact) mass is 353 g/mol. The van der Waals surface area contributed by atoms with Gasteiger partial charge in [0.2, 0.25) is 0 Å². The maximum absolute atomic E-state index is 10.2. The predicted molar refractivity (Wildman–Crippen MR) is 83.0 cm³/mol. The molecule has 0 heterocycles. The highest BCUT2D eigenvalue weighted by Crippen LogP contribution is 2.29. The Kier molecular flexibility index (Phi) is 8.59. The van der Waals surface area contributed by atoms with Gasteiger partial charge in [-0.15, -0.1) is 30.6 Å². The van der Waals surface area contributed by atoms with Gasteiger partial charge in [0.15, 0.2) is 5.96 Å². The van der Waals surface area contributed by atoms with Crippen LogP contribution in [0, 0.1) is 0 Å². The highest BCUT2D eigenvalue weighted by atomic mass is 127. The lowest BCUT2D eigenvalue weighted by atomic mass is 10.0. The van der Waals surface area contributed by atoms with E-state index < -0.39 is 5.60 Å². The smallest absolute Gasteiger partial charge is 0.191 e. The fourth-order valence-corrected chi connectivity index (χ4v) is 1.93. The number of rotatable bonds is 5. The van der Waals surface area contributed by atoms with Gasteiger partial charge in [0.25, 0.3) is 0 Å². The highest BCUT2D eigenvalue weighted by molar-refractivity contribution is 14.0. The fraction of sp³-hybridized carbons (Fsp3) is 0.750. The van der Waals surface area contributed by atoms with E-state index in [1.165, 1.54) is 0 Å². The van der Waals surface area contributed by atoms with Crippen LogP contribution in [0.4, 0.5) is 0 Å². The molecule has 5 heteroatoms. The molecule has 3 N–H and O–H groups in total. The molecular weight excluding hydrogens is 329 g/mol. The van der Waals surface area contributed by atoms with E-state index in [1.54, 1.807) is 6.08 Å². The number of aliphatic hydroxyl groups is 1. The number of halogens is 1. The average Bonchev–Trinajstić information content (AvgIpc) is 2.70. The minimum absolute atomic E-state index is 0. The molecule has 0 radical (unpaired) electrons. The summed E-state index contributed by atoms with van der Waals surface area (Å²) in [6.45, 7) is 7.66. The van der Waals surface area contributed by atoms with Gasteiger partial charge in [-0.05, 0) is 19.8 Å². The van der Waals surface area contributed by atoms with Gasteiger partial charge in [-0.25, -0.2) is 0 Å². The molecular formula is C12H24IN3O. The van der Waals surface area contributed by atoms with Crippen LogP contribution in [0.25, 0.3) is 0 Å². The van der Waals surface area contributed by atoms with E-state index in [-0.39, 0.29) is 24.0 Å². The summed E-state index contributed by atoms with van der Waals surface area (Å²) in [5, 5.41) is 16.4. The quantitative estimate of drug-likeness (QED) is 0.305. The first-order valence-electron chi connectivity index (χ1n) is 6.05. The number of nitrogens with one attached hydrogen (secondary N) is 2. The summed E-state index contributed by atoms with van der Waals surface area (Å²) in [7, 11) is 0. The summed E-state index contributed by atoms with van der Waals surface area (Å²) in [5.74, 6) is 0.753. The highest BCUT2D eigenvalue weighted by Gasteiger charge is 2.30. The van der Waals surface area contributed by atoms with Crippen molar-refractivity contribution in [1.29, 1.82) is 0 Å². The van der Waals surface area contributed by atoms with E-state index >= 15 is 0 Å². The van der Waals surface area contributed by atoms with Gasteiger partial charge >= 0.3 is 0 Å². The average molecular weight is 353 g/mol. The molecule has 0 aromatic rings. The van der Waals surface area contributed by atoms with Gasteiger partial charge in [0.1, 0.15) is 0 Å². The molecule has 0 aliphatic heterocycles.